The third-order valence-corrected chi connectivity index (χ3v) is 4.12. The van der Waals surface area contributed by atoms with E-state index >= 15 is 0 Å². The zero-order chi connectivity index (χ0) is 13.7. The molecule has 2 heterocycles. The molecule has 1 aromatic rings. The van der Waals surface area contributed by atoms with Crippen LogP contribution in [0, 0.1) is 11.8 Å². The van der Waals surface area contributed by atoms with Crippen LogP contribution in [0.25, 0.3) is 0 Å². The van der Waals surface area contributed by atoms with Crippen LogP contribution in [0.15, 0.2) is 18.5 Å². The molecule has 1 aliphatic heterocycles. The van der Waals surface area contributed by atoms with Gasteiger partial charge in [0.1, 0.15) is 0 Å². The highest BCUT2D eigenvalue weighted by atomic mass is 32.2. The van der Waals surface area contributed by atoms with Crippen molar-refractivity contribution >= 4 is 16.7 Å². The summed E-state index contributed by atoms with van der Waals surface area (Å²) >= 11 is 0. The van der Waals surface area contributed by atoms with Gasteiger partial charge in [-0.05, 0) is 6.07 Å². The van der Waals surface area contributed by atoms with Crippen LogP contribution >= 0.6 is 0 Å². The summed E-state index contributed by atoms with van der Waals surface area (Å²) in [5.41, 5.74) is 6.46. The summed E-state index contributed by atoms with van der Waals surface area (Å²) in [4.78, 5) is 18.1. The van der Waals surface area contributed by atoms with Crippen LogP contribution < -0.4 is 5.73 Å². The van der Waals surface area contributed by atoms with Crippen molar-refractivity contribution in [2.75, 3.05) is 31.1 Å². The van der Waals surface area contributed by atoms with Crippen LogP contribution in [0.2, 0.25) is 0 Å². The molecule has 1 aliphatic rings. The number of aromatic nitrogens is 1. The van der Waals surface area contributed by atoms with E-state index in [1.54, 1.807) is 23.4 Å². The first kappa shape index (κ1) is 13.7. The SMILES string of the molecule is NCC#Cc1cnccc1C(=O)N1CCS(=O)CC1. The summed E-state index contributed by atoms with van der Waals surface area (Å²) < 4.78 is 11.3. The molecule has 0 aromatic carbocycles. The Morgan fingerprint density at radius 3 is 2.89 bits per heavy atom. The minimum atomic E-state index is -0.795. The molecule has 6 heteroatoms. The molecule has 100 valence electrons. The van der Waals surface area contributed by atoms with E-state index in [4.69, 9.17) is 5.73 Å². The lowest BCUT2D eigenvalue weighted by Gasteiger charge is -2.26. The minimum Gasteiger partial charge on any atom is -0.337 e. The highest BCUT2D eigenvalue weighted by Crippen LogP contribution is 2.11. The van der Waals surface area contributed by atoms with Gasteiger partial charge in [0.15, 0.2) is 0 Å². The van der Waals surface area contributed by atoms with Crippen LogP contribution in [-0.2, 0) is 10.8 Å². The minimum absolute atomic E-state index is 0.0829. The summed E-state index contributed by atoms with van der Waals surface area (Å²) in [6.07, 6.45) is 3.14. The number of hydrogen-bond donors (Lipinski definition) is 1. The molecule has 19 heavy (non-hydrogen) atoms. The lowest BCUT2D eigenvalue weighted by atomic mass is 10.1. The smallest absolute Gasteiger partial charge is 0.255 e. The van der Waals surface area contributed by atoms with Crippen molar-refractivity contribution in [2.45, 2.75) is 0 Å². The van der Waals surface area contributed by atoms with Crippen molar-refractivity contribution in [1.82, 2.24) is 9.88 Å². The monoisotopic (exact) mass is 277 g/mol. The summed E-state index contributed by atoms with van der Waals surface area (Å²) in [5, 5.41) is 0. The van der Waals surface area contributed by atoms with Gasteiger partial charge in [-0.25, -0.2) is 0 Å². The van der Waals surface area contributed by atoms with E-state index in [9.17, 15) is 9.00 Å². The maximum Gasteiger partial charge on any atom is 0.255 e. The highest BCUT2D eigenvalue weighted by Gasteiger charge is 2.22. The first-order chi connectivity index (χ1) is 9.22. The number of carbonyl (C=O) groups excluding carboxylic acids is 1. The third-order valence-electron chi connectivity index (χ3n) is 2.84. The van der Waals surface area contributed by atoms with Gasteiger partial charge in [-0.15, -0.1) is 0 Å². The summed E-state index contributed by atoms with van der Waals surface area (Å²) in [6, 6.07) is 1.66. The maximum atomic E-state index is 12.4. The molecule has 0 unspecified atom stereocenters. The molecule has 0 radical (unpaired) electrons. The normalized spacial score (nSPS) is 15.7. The molecule has 0 saturated carbocycles. The molecule has 0 spiro atoms. The Balaban J connectivity index is 2.21. The zero-order valence-corrected chi connectivity index (χ0v) is 11.3. The quantitative estimate of drug-likeness (QED) is 0.708. The molecule has 0 aliphatic carbocycles. The summed E-state index contributed by atoms with van der Waals surface area (Å²) in [7, 11) is -0.795. The predicted molar refractivity (Wildman–Crippen MR) is 73.9 cm³/mol. The Kier molecular flexibility index (Phi) is 4.66. The van der Waals surface area contributed by atoms with E-state index < -0.39 is 10.8 Å². The van der Waals surface area contributed by atoms with Crippen LogP contribution in [0.1, 0.15) is 15.9 Å². The number of nitrogens with two attached hydrogens (primary N) is 1. The van der Waals surface area contributed by atoms with Gasteiger partial charge in [-0.2, -0.15) is 0 Å². The second-order valence-corrected chi connectivity index (χ2v) is 5.76. The molecule has 1 saturated heterocycles. The zero-order valence-electron chi connectivity index (χ0n) is 10.5. The van der Waals surface area contributed by atoms with Crippen LogP contribution in [-0.4, -0.2) is 51.1 Å². The lowest BCUT2D eigenvalue weighted by Crippen LogP contribution is -2.42. The van der Waals surface area contributed by atoms with E-state index in [1.165, 1.54) is 0 Å². The number of pyridine rings is 1. The van der Waals surface area contributed by atoms with Crippen molar-refractivity contribution in [3.8, 4) is 11.8 Å². The van der Waals surface area contributed by atoms with Gasteiger partial charge in [-0.3, -0.25) is 14.0 Å². The van der Waals surface area contributed by atoms with Gasteiger partial charge in [0.25, 0.3) is 5.91 Å². The van der Waals surface area contributed by atoms with E-state index in [0.29, 0.717) is 35.7 Å². The van der Waals surface area contributed by atoms with Gasteiger partial charge in [0.2, 0.25) is 0 Å². The average molecular weight is 277 g/mol. The largest absolute Gasteiger partial charge is 0.337 e. The van der Waals surface area contributed by atoms with Gasteiger partial charge in [0, 0.05) is 47.8 Å². The van der Waals surface area contributed by atoms with Crippen molar-refractivity contribution in [1.29, 1.82) is 0 Å². The maximum absolute atomic E-state index is 12.4. The van der Waals surface area contributed by atoms with E-state index in [-0.39, 0.29) is 12.5 Å². The standard InChI is InChI=1S/C13H15N3O2S/c14-4-1-2-11-10-15-5-3-12(11)13(17)16-6-8-19(18)9-7-16/h3,5,10H,4,6-9,14H2. The highest BCUT2D eigenvalue weighted by molar-refractivity contribution is 7.85. The molecular formula is C13H15N3O2S. The predicted octanol–water partition coefficient (Wildman–Crippen LogP) is -0.404. The van der Waals surface area contributed by atoms with Crippen molar-refractivity contribution < 1.29 is 9.00 Å². The molecular weight excluding hydrogens is 262 g/mol. The Hall–Kier alpha value is -1.71. The number of nitrogens with zero attached hydrogens (tertiary/aromatic N) is 2. The third kappa shape index (κ3) is 3.40. The lowest BCUT2D eigenvalue weighted by molar-refractivity contribution is 0.0771. The van der Waals surface area contributed by atoms with Gasteiger partial charge in [-0.1, -0.05) is 11.8 Å². The number of hydrogen-bond acceptors (Lipinski definition) is 4. The molecule has 5 nitrogen and oxygen atoms in total. The van der Waals surface area contributed by atoms with Gasteiger partial charge in [0.05, 0.1) is 17.7 Å². The summed E-state index contributed by atoms with van der Waals surface area (Å²) in [6.45, 7) is 1.29. The first-order valence-electron chi connectivity index (χ1n) is 5.99. The Morgan fingerprint density at radius 1 is 1.47 bits per heavy atom. The van der Waals surface area contributed by atoms with Crippen molar-refractivity contribution in [3.63, 3.8) is 0 Å². The van der Waals surface area contributed by atoms with E-state index in [0.717, 1.165) is 0 Å². The average Bonchev–Trinajstić information content (AvgIpc) is 2.45. The van der Waals surface area contributed by atoms with Crippen LogP contribution in [0.5, 0.6) is 0 Å². The molecule has 0 bridgehead atoms. The number of rotatable bonds is 1. The molecule has 1 aromatic heterocycles. The Morgan fingerprint density at radius 2 is 2.21 bits per heavy atom. The molecule has 1 fully saturated rings. The Labute approximate surface area is 114 Å². The van der Waals surface area contributed by atoms with E-state index in [1.807, 2.05) is 0 Å². The van der Waals surface area contributed by atoms with Gasteiger partial charge >= 0.3 is 0 Å². The topological polar surface area (TPSA) is 76.3 Å². The summed E-state index contributed by atoms with van der Waals surface area (Å²) in [5.74, 6) is 6.59. The van der Waals surface area contributed by atoms with Crippen molar-refractivity contribution in [2.24, 2.45) is 5.73 Å². The fourth-order valence-electron chi connectivity index (χ4n) is 1.84. The second-order valence-electron chi connectivity index (χ2n) is 4.07. The molecule has 2 N–H and O–H groups in total. The molecule has 1 amide bonds. The molecule has 2 rings (SSSR count). The van der Waals surface area contributed by atoms with Crippen LogP contribution in [0.3, 0.4) is 0 Å². The van der Waals surface area contributed by atoms with Crippen LogP contribution in [0.4, 0.5) is 0 Å². The fourth-order valence-corrected chi connectivity index (χ4v) is 2.89. The number of amides is 1. The second kappa shape index (κ2) is 6.45. The number of carbonyl (C=O) groups is 1. The fraction of sp³-hybridized carbons (Fsp3) is 0.385. The first-order valence-corrected chi connectivity index (χ1v) is 7.48. The Bertz CT molecular complexity index is 552. The molecule has 0 atom stereocenters. The van der Waals surface area contributed by atoms with Gasteiger partial charge < -0.3 is 10.6 Å². The van der Waals surface area contributed by atoms with E-state index in [2.05, 4.69) is 16.8 Å². The van der Waals surface area contributed by atoms with Crippen molar-refractivity contribution in [3.05, 3.63) is 29.6 Å².